The monoisotopic (exact) mass is 684 g/mol. The molecule has 0 spiro atoms. The molecule has 6 aromatic rings. The molecule has 242 valence electrons. The Bertz CT molecular complexity index is 2310. The van der Waals surface area contributed by atoms with E-state index in [1.54, 1.807) is 48.3 Å². The molecule has 0 radical (unpaired) electrons. The van der Waals surface area contributed by atoms with Crippen molar-refractivity contribution in [1.82, 2.24) is 14.4 Å². The van der Waals surface area contributed by atoms with Crippen LogP contribution in [0.3, 0.4) is 0 Å². The first-order valence-corrected chi connectivity index (χ1v) is 17.8. The maximum absolute atomic E-state index is 18.1. The van der Waals surface area contributed by atoms with E-state index in [1.165, 1.54) is 20.3 Å². The van der Waals surface area contributed by atoms with Crippen LogP contribution in [-0.4, -0.2) is 36.7 Å². The van der Waals surface area contributed by atoms with E-state index in [2.05, 4.69) is 9.97 Å². The van der Waals surface area contributed by atoms with E-state index in [0.29, 0.717) is 35.6 Å². The van der Waals surface area contributed by atoms with Gasteiger partial charge in [-0.1, -0.05) is 24.3 Å². The Labute approximate surface area is 291 Å². The van der Waals surface area contributed by atoms with E-state index in [1.807, 2.05) is 97.4 Å². The molecule has 2 aliphatic rings. The van der Waals surface area contributed by atoms with Gasteiger partial charge in [-0.05, 0) is 120 Å². The van der Waals surface area contributed by atoms with Crippen molar-refractivity contribution < 1.29 is 18.2 Å². The maximum Gasteiger partial charge on any atom is 0.737 e. The first kappa shape index (κ1) is 31.1. The van der Waals surface area contributed by atoms with Gasteiger partial charge >= 0.3 is 6.97 Å². The number of nitrogens with zero attached hydrogens (tertiary/aromatic N) is 4. The summed E-state index contributed by atoms with van der Waals surface area (Å²) in [7, 11) is 0. The Kier molecular flexibility index (Phi) is 7.85. The lowest BCUT2D eigenvalue weighted by Crippen LogP contribution is -2.52. The number of rotatable bonds is 8. The van der Waals surface area contributed by atoms with Crippen molar-refractivity contribution in [3.05, 3.63) is 164 Å². The lowest BCUT2D eigenvalue weighted by atomic mass is 9.83. The number of halogens is 2. The minimum absolute atomic E-state index is 0.117. The molecule has 5 aromatic heterocycles. The number of benzene rings is 1. The normalized spacial score (nSPS) is 15.4. The maximum atomic E-state index is 18.1. The molecule has 8 rings (SSSR count). The SMILES string of the molecule is CC1=C(c2cccs2)C(/C=C/c2ccncc2)=[N+]2C1=C(c1ccc(O)cc1)c1c(C)c(-c3cccs3)c(CCc3ccncc3)n1[B-]2(F)F. The number of pyridine rings is 2. The van der Waals surface area contributed by atoms with E-state index in [9.17, 15) is 5.11 Å². The first-order valence-electron chi connectivity index (χ1n) is 16.1. The molecule has 0 saturated heterocycles. The molecule has 0 saturated carbocycles. The summed E-state index contributed by atoms with van der Waals surface area (Å²) in [4.78, 5) is 10.2. The molecule has 0 bridgehead atoms. The van der Waals surface area contributed by atoms with Crippen molar-refractivity contribution in [2.75, 3.05) is 0 Å². The third kappa shape index (κ3) is 5.23. The second-order valence-corrected chi connectivity index (χ2v) is 14.1. The third-order valence-electron chi connectivity index (χ3n) is 9.36. The van der Waals surface area contributed by atoms with Crippen LogP contribution < -0.4 is 0 Å². The second kappa shape index (κ2) is 12.4. The molecule has 0 amide bonds. The highest BCUT2D eigenvalue weighted by molar-refractivity contribution is 7.13. The highest BCUT2D eigenvalue weighted by atomic mass is 32.1. The summed E-state index contributed by atoms with van der Waals surface area (Å²) in [5.74, 6) is 0.117. The van der Waals surface area contributed by atoms with Gasteiger partial charge in [0.2, 0.25) is 0 Å². The average molecular weight is 685 g/mol. The molecule has 1 aromatic carbocycles. The number of allylic oxidation sites excluding steroid dienone is 3. The minimum Gasteiger partial charge on any atom is -0.508 e. The van der Waals surface area contributed by atoms with Crippen molar-refractivity contribution in [3.8, 4) is 16.2 Å². The van der Waals surface area contributed by atoms with Crippen LogP contribution in [0.4, 0.5) is 8.63 Å². The number of fused-ring (bicyclic) bond motifs is 2. The van der Waals surface area contributed by atoms with Crippen LogP contribution in [0, 0.1) is 6.92 Å². The number of phenolic OH excluding ortho intramolecular Hbond substituents is 1. The Morgan fingerprint density at radius 2 is 1.45 bits per heavy atom. The summed E-state index contributed by atoms with van der Waals surface area (Å²) in [6.45, 7) is -0.473. The summed E-state index contributed by atoms with van der Waals surface area (Å²) in [5.41, 5.74) is 8.67. The zero-order valence-electron chi connectivity index (χ0n) is 26.8. The van der Waals surface area contributed by atoms with Gasteiger partial charge in [0, 0.05) is 57.4 Å². The van der Waals surface area contributed by atoms with Crippen molar-refractivity contribution in [1.29, 1.82) is 0 Å². The summed E-state index contributed by atoms with van der Waals surface area (Å²) in [6.07, 6.45) is 11.6. The third-order valence-corrected chi connectivity index (χ3v) is 11.1. The number of phenols is 1. The Balaban J connectivity index is 1.48. The number of thiophene rings is 2. The fourth-order valence-electron chi connectivity index (χ4n) is 7.26. The summed E-state index contributed by atoms with van der Waals surface area (Å²) in [6, 6.07) is 22.5. The zero-order chi connectivity index (χ0) is 33.7. The van der Waals surface area contributed by atoms with Crippen molar-refractivity contribution >= 4 is 52.6 Å². The Morgan fingerprint density at radius 3 is 2.10 bits per heavy atom. The first-order chi connectivity index (χ1) is 23.8. The predicted octanol–water partition coefficient (Wildman–Crippen LogP) is 9.52. The second-order valence-electron chi connectivity index (χ2n) is 12.2. The Morgan fingerprint density at radius 1 is 0.796 bits per heavy atom. The van der Waals surface area contributed by atoms with Crippen LogP contribution in [0.1, 0.15) is 45.4 Å². The lowest BCUT2D eigenvalue weighted by molar-refractivity contribution is -0.362. The number of hydrogen-bond acceptors (Lipinski definition) is 5. The molecule has 0 fully saturated rings. The average Bonchev–Trinajstić information content (AvgIpc) is 3.92. The summed E-state index contributed by atoms with van der Waals surface area (Å²) in [5, 5.41) is 14.3. The van der Waals surface area contributed by atoms with Gasteiger partial charge in [-0.25, -0.2) is 0 Å². The zero-order valence-corrected chi connectivity index (χ0v) is 28.5. The summed E-state index contributed by atoms with van der Waals surface area (Å²) >= 11 is 3.10. The van der Waals surface area contributed by atoms with Crippen molar-refractivity contribution in [2.45, 2.75) is 26.7 Å². The molecule has 49 heavy (non-hydrogen) atoms. The molecular formula is C39H31BF2N4OS2. The molecule has 0 atom stereocenters. The predicted molar refractivity (Wildman–Crippen MR) is 197 cm³/mol. The van der Waals surface area contributed by atoms with Gasteiger partial charge in [-0.15, -0.1) is 22.7 Å². The fraction of sp³-hybridized carbons (Fsp3) is 0.103. The fourth-order valence-corrected chi connectivity index (χ4v) is 8.95. The van der Waals surface area contributed by atoms with Crippen molar-refractivity contribution in [3.63, 3.8) is 0 Å². The smallest absolute Gasteiger partial charge is 0.508 e. The topological polar surface area (TPSA) is 54.0 Å². The molecule has 2 aliphatic heterocycles. The number of aryl methyl sites for hydroxylation is 1. The van der Waals surface area contributed by atoms with Gasteiger partial charge in [0.05, 0.1) is 11.1 Å². The number of aromatic hydroxyl groups is 1. The molecule has 10 heteroatoms. The van der Waals surface area contributed by atoms with E-state index in [4.69, 9.17) is 0 Å². The molecule has 7 heterocycles. The van der Waals surface area contributed by atoms with Gasteiger partial charge in [0.15, 0.2) is 11.4 Å². The van der Waals surface area contributed by atoms with E-state index in [-0.39, 0.29) is 5.75 Å². The molecule has 0 aliphatic carbocycles. The van der Waals surface area contributed by atoms with Gasteiger partial charge in [0.1, 0.15) is 5.75 Å². The van der Waals surface area contributed by atoms with Crippen LogP contribution >= 0.6 is 22.7 Å². The van der Waals surface area contributed by atoms with Gasteiger partial charge in [0.25, 0.3) is 0 Å². The molecule has 0 unspecified atom stereocenters. The Hall–Kier alpha value is -5.19. The largest absolute Gasteiger partial charge is 0.737 e. The molecule has 1 N–H and O–H groups in total. The highest BCUT2D eigenvalue weighted by Gasteiger charge is 2.58. The van der Waals surface area contributed by atoms with E-state index >= 15 is 8.63 Å². The van der Waals surface area contributed by atoms with Crippen LogP contribution in [0.15, 0.2) is 126 Å². The quantitative estimate of drug-likeness (QED) is 0.163. The number of hydrogen-bond donors (Lipinski definition) is 1. The van der Waals surface area contributed by atoms with E-state index in [0.717, 1.165) is 54.3 Å². The molecule has 5 nitrogen and oxygen atoms in total. The van der Waals surface area contributed by atoms with Gasteiger partial charge in [-0.3, -0.25) is 9.97 Å². The van der Waals surface area contributed by atoms with Gasteiger partial charge < -0.3 is 22.7 Å². The van der Waals surface area contributed by atoms with Crippen LogP contribution in [-0.2, 0) is 12.8 Å². The molecular weight excluding hydrogens is 653 g/mol. The van der Waals surface area contributed by atoms with Crippen LogP contribution in [0.25, 0.3) is 27.7 Å². The summed E-state index contributed by atoms with van der Waals surface area (Å²) < 4.78 is 38.8. The lowest BCUT2D eigenvalue weighted by Gasteiger charge is -2.34. The number of aromatic nitrogens is 3. The van der Waals surface area contributed by atoms with Crippen LogP contribution in [0.2, 0.25) is 0 Å². The highest BCUT2D eigenvalue weighted by Crippen LogP contribution is 2.51. The van der Waals surface area contributed by atoms with Gasteiger partial charge in [-0.2, -0.15) is 0 Å². The minimum atomic E-state index is -4.40. The van der Waals surface area contributed by atoms with Crippen LogP contribution in [0.5, 0.6) is 5.75 Å². The van der Waals surface area contributed by atoms with Crippen molar-refractivity contribution in [2.24, 2.45) is 0 Å². The standard InChI is InChI=1S/C39H31BF2N4OS2/c1-25-35(33-5-3-23-48-33)31(13-7-27-15-19-43-20-16-27)45-38(25)37(29-9-11-30(47)12-10-29)39-26(2)36(34-6-4-24-49-34)32(46(39)40(45,41)42)14-8-28-17-21-44-22-18-28/h3-7,9-13,15-24,47H,8,14H2,1-2H3/b13-7+. The van der Waals surface area contributed by atoms with E-state index < -0.39 is 6.97 Å².